The van der Waals surface area contributed by atoms with Gasteiger partial charge in [0.1, 0.15) is 0 Å². The number of hydrogen-bond acceptors (Lipinski definition) is 3. The second kappa shape index (κ2) is 8.10. The van der Waals surface area contributed by atoms with Gasteiger partial charge in [0.15, 0.2) is 0 Å². The molecular weight excluding hydrogens is 430 g/mol. The molecule has 0 bridgehead atoms. The molecule has 2 aliphatic rings. The van der Waals surface area contributed by atoms with Crippen molar-refractivity contribution in [3.05, 3.63) is 83.2 Å². The Morgan fingerprint density at radius 3 is 2.52 bits per heavy atom. The third-order valence-electron chi connectivity index (χ3n) is 7.64. The number of sulfonamides is 1. The number of H-pyrrole nitrogens is 1. The Balaban J connectivity index is 1.48. The maximum atomic E-state index is 13.7. The van der Waals surface area contributed by atoms with Crippen LogP contribution in [-0.2, 0) is 34.7 Å². The molecule has 0 amide bonds. The standard InChI is InChI=1S/C27H33N3O2S/c1-26(2,3)22-9-11-24(12-10-22)33(31,32)30-14-13-23-15-25-21(18-28-29-25)17-27(23,19-30)16-20-7-5-4-6-8-20/h4-12,18,23H,13-17,19H2,1-3H3,(H,28,29)/t23-,27+/m0/s1. The van der Waals surface area contributed by atoms with Crippen LogP contribution in [0.4, 0.5) is 0 Å². The number of fused-ring (bicyclic) bond motifs is 2. The smallest absolute Gasteiger partial charge is 0.243 e. The minimum atomic E-state index is -3.56. The van der Waals surface area contributed by atoms with Crippen LogP contribution < -0.4 is 0 Å². The van der Waals surface area contributed by atoms with Crippen molar-refractivity contribution in [3.63, 3.8) is 0 Å². The van der Waals surface area contributed by atoms with Crippen molar-refractivity contribution in [1.29, 1.82) is 0 Å². The van der Waals surface area contributed by atoms with Crippen LogP contribution in [0.15, 0.2) is 65.7 Å². The summed E-state index contributed by atoms with van der Waals surface area (Å²) >= 11 is 0. The highest BCUT2D eigenvalue weighted by Crippen LogP contribution is 2.47. The van der Waals surface area contributed by atoms with Crippen molar-refractivity contribution in [2.45, 2.75) is 56.8 Å². The fourth-order valence-electron chi connectivity index (χ4n) is 5.72. The highest BCUT2D eigenvalue weighted by Gasteiger charge is 2.49. The van der Waals surface area contributed by atoms with Crippen molar-refractivity contribution in [2.75, 3.05) is 13.1 Å². The lowest BCUT2D eigenvalue weighted by molar-refractivity contribution is 0.0563. The summed E-state index contributed by atoms with van der Waals surface area (Å²) in [5.74, 6) is 0.431. The van der Waals surface area contributed by atoms with Crippen molar-refractivity contribution in [3.8, 4) is 0 Å². The first kappa shape index (κ1) is 22.4. The van der Waals surface area contributed by atoms with E-state index in [9.17, 15) is 8.42 Å². The average Bonchev–Trinajstić information content (AvgIpc) is 3.23. The van der Waals surface area contributed by atoms with Crippen molar-refractivity contribution >= 4 is 10.0 Å². The number of aromatic amines is 1. The Morgan fingerprint density at radius 1 is 1.09 bits per heavy atom. The quantitative estimate of drug-likeness (QED) is 0.607. The van der Waals surface area contributed by atoms with Crippen LogP contribution >= 0.6 is 0 Å². The normalized spacial score (nSPS) is 23.7. The first-order valence-electron chi connectivity index (χ1n) is 11.8. The fourth-order valence-corrected chi connectivity index (χ4v) is 7.27. The topological polar surface area (TPSA) is 66.1 Å². The molecule has 3 aromatic rings. The summed E-state index contributed by atoms with van der Waals surface area (Å²) in [4.78, 5) is 0.392. The zero-order valence-electron chi connectivity index (χ0n) is 19.7. The first-order valence-corrected chi connectivity index (χ1v) is 13.3. The summed E-state index contributed by atoms with van der Waals surface area (Å²) in [5.41, 5.74) is 4.72. The van der Waals surface area contributed by atoms with Gasteiger partial charge in [-0.25, -0.2) is 8.42 Å². The van der Waals surface area contributed by atoms with Crippen LogP contribution in [0, 0.1) is 11.3 Å². The van der Waals surface area contributed by atoms with Gasteiger partial charge in [-0.1, -0.05) is 63.2 Å². The zero-order chi connectivity index (χ0) is 23.3. The number of piperidine rings is 1. The molecule has 1 aliphatic carbocycles. The molecule has 0 unspecified atom stereocenters. The molecule has 1 aliphatic heterocycles. The molecule has 174 valence electrons. The molecule has 0 saturated carbocycles. The number of nitrogens with one attached hydrogen (secondary N) is 1. The van der Waals surface area contributed by atoms with Gasteiger partial charge < -0.3 is 0 Å². The van der Waals surface area contributed by atoms with Crippen LogP contribution in [0.3, 0.4) is 0 Å². The van der Waals surface area contributed by atoms with E-state index in [1.165, 1.54) is 16.8 Å². The summed E-state index contributed by atoms with van der Waals surface area (Å²) in [6.45, 7) is 7.53. The molecule has 2 atom stereocenters. The predicted molar refractivity (Wildman–Crippen MR) is 131 cm³/mol. The zero-order valence-corrected chi connectivity index (χ0v) is 20.5. The van der Waals surface area contributed by atoms with Crippen LogP contribution in [0.1, 0.15) is 49.6 Å². The lowest BCUT2D eigenvalue weighted by Crippen LogP contribution is -2.54. The number of nitrogens with zero attached hydrogens (tertiary/aromatic N) is 2. The molecule has 2 aromatic carbocycles. The average molecular weight is 464 g/mol. The molecule has 1 N–H and O–H groups in total. The Hall–Kier alpha value is -2.44. The number of benzene rings is 2. The predicted octanol–water partition coefficient (Wildman–Crippen LogP) is 4.75. The highest BCUT2D eigenvalue weighted by molar-refractivity contribution is 7.89. The van der Waals surface area contributed by atoms with Gasteiger partial charge in [-0.15, -0.1) is 0 Å². The molecule has 5 rings (SSSR count). The van der Waals surface area contributed by atoms with Gasteiger partial charge in [-0.05, 0) is 71.3 Å². The lowest BCUT2D eigenvalue weighted by atomic mass is 9.60. The van der Waals surface area contributed by atoms with E-state index >= 15 is 0 Å². The van der Waals surface area contributed by atoms with Crippen LogP contribution in [0.25, 0.3) is 0 Å². The van der Waals surface area contributed by atoms with Crippen LogP contribution in [0.5, 0.6) is 0 Å². The minimum absolute atomic E-state index is 0.00915. The molecule has 0 spiro atoms. The van der Waals surface area contributed by atoms with Crippen molar-refractivity contribution in [1.82, 2.24) is 14.5 Å². The largest absolute Gasteiger partial charge is 0.282 e. The summed E-state index contributed by atoms with van der Waals surface area (Å²) in [5, 5.41) is 7.46. The summed E-state index contributed by atoms with van der Waals surface area (Å²) in [6.07, 6.45) is 5.46. The fraction of sp³-hybridized carbons (Fsp3) is 0.444. The maximum Gasteiger partial charge on any atom is 0.243 e. The monoisotopic (exact) mass is 463 g/mol. The van der Waals surface area contributed by atoms with E-state index in [0.717, 1.165) is 31.2 Å². The van der Waals surface area contributed by atoms with Crippen molar-refractivity contribution < 1.29 is 8.42 Å². The molecule has 1 aromatic heterocycles. The number of aromatic nitrogens is 2. The van der Waals surface area contributed by atoms with Gasteiger partial charge in [0.25, 0.3) is 0 Å². The molecule has 6 heteroatoms. The molecule has 5 nitrogen and oxygen atoms in total. The van der Waals surface area contributed by atoms with Crippen LogP contribution in [-0.4, -0.2) is 36.0 Å². The molecule has 33 heavy (non-hydrogen) atoms. The van der Waals surface area contributed by atoms with E-state index < -0.39 is 10.0 Å². The Labute approximate surface area is 197 Å². The van der Waals surface area contributed by atoms with Gasteiger partial charge in [0, 0.05) is 18.8 Å². The summed E-state index contributed by atoms with van der Waals surface area (Å²) in [6, 6.07) is 18.0. The SMILES string of the molecule is CC(C)(C)c1ccc(S(=O)(=O)N2CC[C@H]3Cc4[nH]ncc4C[C@]3(Cc3ccccc3)C2)cc1. The van der Waals surface area contributed by atoms with Crippen LogP contribution in [0.2, 0.25) is 0 Å². The van der Waals surface area contributed by atoms with E-state index in [-0.39, 0.29) is 10.8 Å². The third kappa shape index (κ3) is 4.15. The second-order valence-corrected chi connectivity index (χ2v) is 12.8. The van der Waals surface area contributed by atoms with Gasteiger partial charge >= 0.3 is 0 Å². The molecule has 1 fully saturated rings. The van der Waals surface area contributed by atoms with Gasteiger partial charge in [0.2, 0.25) is 10.0 Å². The minimum Gasteiger partial charge on any atom is -0.282 e. The lowest BCUT2D eigenvalue weighted by Gasteiger charge is -2.50. The molecule has 2 heterocycles. The highest BCUT2D eigenvalue weighted by atomic mass is 32.2. The van der Waals surface area contributed by atoms with Crippen molar-refractivity contribution in [2.24, 2.45) is 11.3 Å². The third-order valence-corrected chi connectivity index (χ3v) is 9.50. The first-order chi connectivity index (χ1) is 15.7. The van der Waals surface area contributed by atoms with Gasteiger partial charge in [-0.2, -0.15) is 9.40 Å². The second-order valence-electron chi connectivity index (χ2n) is 10.9. The summed E-state index contributed by atoms with van der Waals surface area (Å²) in [7, 11) is -3.56. The Kier molecular flexibility index (Phi) is 5.49. The van der Waals surface area contributed by atoms with Gasteiger partial charge in [0.05, 0.1) is 11.1 Å². The van der Waals surface area contributed by atoms with E-state index in [0.29, 0.717) is 23.9 Å². The number of hydrogen-bond donors (Lipinski definition) is 1. The Morgan fingerprint density at radius 2 is 1.82 bits per heavy atom. The molecule has 0 radical (unpaired) electrons. The molecule has 1 saturated heterocycles. The van der Waals surface area contributed by atoms with Gasteiger partial charge in [-0.3, -0.25) is 5.10 Å². The Bertz CT molecular complexity index is 1230. The number of rotatable bonds is 4. The van der Waals surface area contributed by atoms with E-state index in [2.05, 4.69) is 55.2 Å². The van der Waals surface area contributed by atoms with E-state index in [4.69, 9.17) is 0 Å². The van der Waals surface area contributed by atoms with E-state index in [1.54, 1.807) is 16.4 Å². The summed E-state index contributed by atoms with van der Waals surface area (Å²) < 4.78 is 29.2. The maximum absolute atomic E-state index is 13.7. The molecular formula is C27H33N3O2S. The van der Waals surface area contributed by atoms with E-state index in [1.807, 2.05) is 24.4 Å².